The first kappa shape index (κ1) is 23.1. The van der Waals surface area contributed by atoms with E-state index in [0.717, 1.165) is 5.01 Å². The van der Waals surface area contributed by atoms with Crippen molar-refractivity contribution in [1.29, 1.82) is 0 Å². The topological polar surface area (TPSA) is 105 Å². The maximum atomic E-state index is 12.3. The molecule has 2 aromatic rings. The second-order valence-corrected chi connectivity index (χ2v) is 8.28. The Labute approximate surface area is 195 Å². The molecule has 0 bridgehead atoms. The summed E-state index contributed by atoms with van der Waals surface area (Å²) >= 11 is 15.2. The highest BCUT2D eigenvalue weighted by molar-refractivity contribution is 9.10. The highest BCUT2D eigenvalue weighted by atomic mass is 79.9. The van der Waals surface area contributed by atoms with Crippen molar-refractivity contribution in [2.75, 3.05) is 18.5 Å². The minimum Gasteiger partial charge on any atom is -0.455 e. The molecule has 0 saturated carbocycles. The van der Waals surface area contributed by atoms with E-state index in [1.54, 1.807) is 36.4 Å². The van der Waals surface area contributed by atoms with Gasteiger partial charge in [0.05, 0.1) is 28.1 Å². The first-order chi connectivity index (χ1) is 14.7. The molecule has 0 radical (unpaired) electrons. The van der Waals surface area contributed by atoms with Crippen molar-refractivity contribution < 1.29 is 23.9 Å². The average molecular weight is 529 g/mol. The highest BCUT2D eigenvalue weighted by Gasteiger charge is 2.37. The summed E-state index contributed by atoms with van der Waals surface area (Å²) in [5.74, 6) is -3.10. The molecule has 0 aromatic heterocycles. The van der Waals surface area contributed by atoms with Gasteiger partial charge in [0, 0.05) is 16.6 Å². The number of hydrazine groups is 1. The predicted octanol–water partition coefficient (Wildman–Crippen LogP) is 3.43. The molecule has 3 rings (SSSR count). The van der Waals surface area contributed by atoms with E-state index in [4.69, 9.17) is 27.9 Å². The summed E-state index contributed by atoms with van der Waals surface area (Å²) in [7, 11) is 0. The van der Waals surface area contributed by atoms with Gasteiger partial charge in [-0.05, 0) is 46.3 Å². The average Bonchev–Trinajstić information content (AvgIpc) is 3.09. The van der Waals surface area contributed by atoms with Crippen LogP contribution >= 0.6 is 39.1 Å². The van der Waals surface area contributed by atoms with Crippen molar-refractivity contribution in [1.82, 2.24) is 10.4 Å². The van der Waals surface area contributed by atoms with Crippen LogP contribution in [0.2, 0.25) is 10.0 Å². The number of anilines is 1. The lowest BCUT2D eigenvalue weighted by atomic mass is 10.1. The van der Waals surface area contributed by atoms with Gasteiger partial charge in [0.1, 0.15) is 0 Å². The van der Waals surface area contributed by atoms with Gasteiger partial charge in [0.25, 0.3) is 11.8 Å². The maximum absolute atomic E-state index is 12.3. The largest absolute Gasteiger partial charge is 0.455 e. The number of esters is 1. The molecule has 8 nitrogen and oxygen atoms in total. The molecule has 162 valence electrons. The number of benzene rings is 2. The number of amides is 3. The van der Waals surface area contributed by atoms with Crippen molar-refractivity contribution in [2.45, 2.75) is 6.42 Å². The fourth-order valence-electron chi connectivity index (χ4n) is 2.83. The fraction of sp³-hybridized carbons (Fsp3) is 0.200. The number of carbonyl (C=O) groups is 4. The molecule has 31 heavy (non-hydrogen) atoms. The Bertz CT molecular complexity index is 1050. The molecule has 0 spiro atoms. The van der Waals surface area contributed by atoms with E-state index < -0.39 is 36.2 Å². The van der Waals surface area contributed by atoms with E-state index in [-0.39, 0.29) is 23.6 Å². The van der Waals surface area contributed by atoms with E-state index in [1.807, 2.05) is 0 Å². The van der Waals surface area contributed by atoms with Crippen molar-refractivity contribution in [3.63, 3.8) is 0 Å². The Hall–Kier alpha value is -2.62. The molecule has 1 saturated heterocycles. The third-order valence-electron chi connectivity index (χ3n) is 4.36. The van der Waals surface area contributed by atoms with E-state index in [9.17, 15) is 19.2 Å². The molecule has 1 fully saturated rings. The maximum Gasteiger partial charge on any atom is 0.311 e. The molecule has 1 atom stereocenters. The van der Waals surface area contributed by atoms with Crippen LogP contribution in [0.25, 0.3) is 0 Å². The Morgan fingerprint density at radius 3 is 2.58 bits per heavy atom. The molecule has 0 aliphatic carbocycles. The second-order valence-electron chi connectivity index (χ2n) is 6.61. The normalized spacial score (nSPS) is 15.5. The van der Waals surface area contributed by atoms with Gasteiger partial charge in [0.15, 0.2) is 6.61 Å². The van der Waals surface area contributed by atoms with Gasteiger partial charge < -0.3 is 10.1 Å². The Morgan fingerprint density at radius 1 is 1.13 bits per heavy atom. The number of nitrogens with one attached hydrogen (secondary N) is 2. The van der Waals surface area contributed by atoms with Gasteiger partial charge >= 0.3 is 5.97 Å². The van der Waals surface area contributed by atoms with E-state index in [0.29, 0.717) is 15.2 Å². The molecule has 1 heterocycles. The third kappa shape index (κ3) is 5.96. The van der Waals surface area contributed by atoms with E-state index in [2.05, 4.69) is 26.7 Å². The molecule has 2 N–H and O–H groups in total. The number of hydrogen-bond donors (Lipinski definition) is 2. The molecular formula is C20H16BrCl2N3O5. The lowest BCUT2D eigenvalue weighted by Gasteiger charge is -2.18. The minimum absolute atomic E-state index is 0.0716. The molecule has 3 amide bonds. The standard InChI is InChI=1S/C20H16BrCl2N3O5/c21-14-6-5-12(8-16(14)23)24-17(27)10-31-20(30)11-7-18(28)26(9-11)25-19(29)13-3-1-2-4-15(13)22/h1-6,8,11H,7,9-10H2,(H,24,27)(H,25,29)/t11-/m0/s1. The lowest BCUT2D eigenvalue weighted by molar-refractivity contribution is -0.151. The van der Waals surface area contributed by atoms with Gasteiger partial charge in [-0.1, -0.05) is 35.3 Å². The predicted molar refractivity (Wildman–Crippen MR) is 117 cm³/mol. The van der Waals surface area contributed by atoms with Crippen LogP contribution < -0.4 is 10.7 Å². The van der Waals surface area contributed by atoms with Crippen LogP contribution in [0.5, 0.6) is 0 Å². The number of nitrogens with zero attached hydrogens (tertiary/aromatic N) is 1. The second kappa shape index (κ2) is 10.1. The smallest absolute Gasteiger partial charge is 0.311 e. The zero-order chi connectivity index (χ0) is 22.5. The summed E-state index contributed by atoms with van der Waals surface area (Å²) in [4.78, 5) is 48.7. The van der Waals surface area contributed by atoms with Gasteiger partial charge in [0.2, 0.25) is 5.91 Å². The Balaban J connectivity index is 1.49. The van der Waals surface area contributed by atoms with Gasteiger partial charge in [-0.3, -0.25) is 29.6 Å². The third-order valence-corrected chi connectivity index (χ3v) is 5.92. The van der Waals surface area contributed by atoms with Crippen LogP contribution in [0, 0.1) is 5.92 Å². The molecular weight excluding hydrogens is 513 g/mol. The monoisotopic (exact) mass is 527 g/mol. The van der Waals surface area contributed by atoms with Crippen LogP contribution in [0.1, 0.15) is 16.8 Å². The minimum atomic E-state index is -0.811. The van der Waals surface area contributed by atoms with Crippen LogP contribution in [0.15, 0.2) is 46.9 Å². The molecule has 0 unspecified atom stereocenters. The van der Waals surface area contributed by atoms with Crippen LogP contribution in [0.3, 0.4) is 0 Å². The van der Waals surface area contributed by atoms with E-state index >= 15 is 0 Å². The van der Waals surface area contributed by atoms with Crippen molar-refractivity contribution in [3.8, 4) is 0 Å². The number of ether oxygens (including phenoxy) is 1. The fourth-order valence-corrected chi connectivity index (χ4v) is 3.48. The summed E-state index contributed by atoms with van der Waals surface area (Å²) in [5.41, 5.74) is 3.08. The number of halogens is 3. The van der Waals surface area contributed by atoms with Crippen molar-refractivity contribution in [3.05, 3.63) is 62.5 Å². The summed E-state index contributed by atoms with van der Waals surface area (Å²) < 4.78 is 5.69. The highest BCUT2D eigenvalue weighted by Crippen LogP contribution is 2.25. The summed E-state index contributed by atoms with van der Waals surface area (Å²) in [6.45, 7) is -0.596. The number of hydrogen-bond acceptors (Lipinski definition) is 5. The van der Waals surface area contributed by atoms with Crippen molar-refractivity contribution in [2.24, 2.45) is 5.92 Å². The number of carbonyl (C=O) groups excluding carboxylic acids is 4. The number of rotatable bonds is 6. The summed E-state index contributed by atoms with van der Waals surface area (Å²) in [6.07, 6.45) is -0.147. The zero-order valence-electron chi connectivity index (χ0n) is 15.9. The first-order valence-electron chi connectivity index (χ1n) is 9.02. The SMILES string of the molecule is O=C(COC(=O)[C@H]1CC(=O)N(NC(=O)c2ccccc2Cl)C1)Nc1ccc(Br)c(Cl)c1. The zero-order valence-corrected chi connectivity index (χ0v) is 19.0. The van der Waals surface area contributed by atoms with Gasteiger partial charge in [-0.2, -0.15) is 0 Å². The Morgan fingerprint density at radius 2 is 1.87 bits per heavy atom. The van der Waals surface area contributed by atoms with E-state index in [1.165, 1.54) is 6.07 Å². The van der Waals surface area contributed by atoms with Crippen LogP contribution in [0.4, 0.5) is 5.69 Å². The molecule has 1 aliphatic heterocycles. The Kier molecular flexibility index (Phi) is 7.53. The van der Waals surface area contributed by atoms with Crippen LogP contribution in [-0.4, -0.2) is 41.9 Å². The van der Waals surface area contributed by atoms with Gasteiger partial charge in [-0.25, -0.2) is 0 Å². The molecule has 1 aliphatic rings. The lowest BCUT2D eigenvalue weighted by Crippen LogP contribution is -2.43. The summed E-state index contributed by atoms with van der Waals surface area (Å²) in [5, 5.41) is 4.25. The first-order valence-corrected chi connectivity index (χ1v) is 10.6. The van der Waals surface area contributed by atoms with Crippen molar-refractivity contribution >= 4 is 68.5 Å². The van der Waals surface area contributed by atoms with Crippen LogP contribution in [-0.2, 0) is 19.1 Å². The van der Waals surface area contributed by atoms with Gasteiger partial charge in [-0.15, -0.1) is 0 Å². The molecule has 2 aromatic carbocycles. The quantitative estimate of drug-likeness (QED) is 0.559. The summed E-state index contributed by atoms with van der Waals surface area (Å²) in [6, 6.07) is 11.2. The molecule has 11 heteroatoms.